The summed E-state index contributed by atoms with van der Waals surface area (Å²) in [5, 5.41) is 8.86. The summed E-state index contributed by atoms with van der Waals surface area (Å²) in [5.74, 6) is -1.42. The second-order valence-corrected chi connectivity index (χ2v) is 3.78. The number of aromatic nitrogens is 2. The van der Waals surface area contributed by atoms with E-state index in [2.05, 4.69) is 4.98 Å². The summed E-state index contributed by atoms with van der Waals surface area (Å²) >= 11 is 0. The van der Waals surface area contributed by atoms with Gasteiger partial charge in [0.15, 0.2) is 0 Å². The van der Waals surface area contributed by atoms with Crippen molar-refractivity contribution in [1.29, 1.82) is 0 Å². The zero-order valence-electron chi connectivity index (χ0n) is 9.47. The van der Waals surface area contributed by atoms with Crippen LogP contribution < -0.4 is 11.2 Å². The van der Waals surface area contributed by atoms with Gasteiger partial charge in [0.05, 0.1) is 12.8 Å². The van der Waals surface area contributed by atoms with E-state index in [0.717, 1.165) is 0 Å². The first-order valence-corrected chi connectivity index (χ1v) is 5.09. The fraction of sp³-hybridized carbons (Fsp3) is 0.182. The van der Waals surface area contributed by atoms with Crippen LogP contribution in [0.15, 0.2) is 32.5 Å². The van der Waals surface area contributed by atoms with Crippen molar-refractivity contribution in [3.05, 3.63) is 56.3 Å². The van der Waals surface area contributed by atoms with Crippen LogP contribution in [0.25, 0.3) is 0 Å². The van der Waals surface area contributed by atoms with Crippen molar-refractivity contribution in [3.63, 3.8) is 0 Å². The third-order valence-corrected chi connectivity index (χ3v) is 2.47. The Kier molecular flexibility index (Phi) is 2.88. The summed E-state index contributed by atoms with van der Waals surface area (Å²) in [7, 11) is 0. The first kappa shape index (κ1) is 11.9. The van der Waals surface area contributed by atoms with Gasteiger partial charge >= 0.3 is 11.7 Å². The van der Waals surface area contributed by atoms with E-state index in [-0.39, 0.29) is 12.3 Å². The lowest BCUT2D eigenvalue weighted by Crippen LogP contribution is -2.31. The summed E-state index contributed by atoms with van der Waals surface area (Å²) in [6, 6.07) is 1.47. The molecule has 0 saturated carbocycles. The van der Waals surface area contributed by atoms with Crippen molar-refractivity contribution in [2.75, 3.05) is 0 Å². The van der Waals surface area contributed by atoms with Gasteiger partial charge in [-0.1, -0.05) is 0 Å². The van der Waals surface area contributed by atoms with Gasteiger partial charge in [0.1, 0.15) is 0 Å². The summed E-state index contributed by atoms with van der Waals surface area (Å²) in [6.07, 6.45) is 2.61. The Bertz CT molecular complexity index is 707. The molecule has 94 valence electrons. The van der Waals surface area contributed by atoms with Crippen LogP contribution in [0.1, 0.15) is 21.7 Å². The maximum absolute atomic E-state index is 11.5. The van der Waals surface area contributed by atoms with Gasteiger partial charge in [-0.05, 0) is 13.0 Å². The van der Waals surface area contributed by atoms with Gasteiger partial charge in [-0.25, -0.2) is 9.59 Å². The molecule has 0 atom stereocenters. The van der Waals surface area contributed by atoms with E-state index in [9.17, 15) is 14.4 Å². The first-order valence-electron chi connectivity index (χ1n) is 5.09. The third-order valence-electron chi connectivity index (χ3n) is 2.47. The van der Waals surface area contributed by atoms with Crippen LogP contribution in [0.5, 0.6) is 0 Å². The topological polar surface area (TPSA) is 105 Å². The van der Waals surface area contributed by atoms with Gasteiger partial charge in [-0.15, -0.1) is 0 Å². The molecule has 18 heavy (non-hydrogen) atoms. The first-order chi connectivity index (χ1) is 8.49. The number of carbonyl (C=O) groups is 1. The molecule has 0 aromatic carbocycles. The summed E-state index contributed by atoms with van der Waals surface area (Å²) in [5.41, 5.74) is -0.323. The minimum atomic E-state index is -1.20. The van der Waals surface area contributed by atoms with Crippen LogP contribution in [0.2, 0.25) is 0 Å². The summed E-state index contributed by atoms with van der Waals surface area (Å²) < 4.78 is 6.02. The monoisotopic (exact) mass is 250 g/mol. The number of aromatic carboxylic acids is 1. The van der Waals surface area contributed by atoms with Crippen molar-refractivity contribution in [3.8, 4) is 0 Å². The van der Waals surface area contributed by atoms with Gasteiger partial charge in [0.25, 0.3) is 5.56 Å². The molecule has 7 heteroatoms. The number of carboxylic acid groups (broad SMARTS) is 1. The van der Waals surface area contributed by atoms with Crippen molar-refractivity contribution < 1.29 is 14.3 Å². The second-order valence-electron chi connectivity index (χ2n) is 3.78. The van der Waals surface area contributed by atoms with E-state index >= 15 is 0 Å². The zero-order chi connectivity index (χ0) is 13.3. The van der Waals surface area contributed by atoms with Gasteiger partial charge in [0, 0.05) is 17.3 Å². The van der Waals surface area contributed by atoms with Crippen molar-refractivity contribution in [2.45, 2.75) is 13.5 Å². The Labute approximate surface area is 100 Å². The Morgan fingerprint density at radius 3 is 2.89 bits per heavy atom. The molecule has 7 nitrogen and oxygen atoms in total. The Morgan fingerprint density at radius 1 is 1.50 bits per heavy atom. The molecular formula is C11H10N2O5. The molecule has 2 rings (SSSR count). The lowest BCUT2D eigenvalue weighted by Gasteiger charge is -2.04. The van der Waals surface area contributed by atoms with Gasteiger partial charge in [-0.2, -0.15) is 0 Å². The number of H-pyrrole nitrogens is 1. The molecule has 2 aromatic rings. The number of aromatic amines is 1. The molecule has 0 bridgehead atoms. The quantitative estimate of drug-likeness (QED) is 0.808. The molecule has 0 spiro atoms. The third kappa shape index (κ3) is 2.10. The number of nitrogens with zero attached hydrogens (tertiary/aromatic N) is 1. The van der Waals surface area contributed by atoms with Crippen LogP contribution >= 0.6 is 0 Å². The maximum atomic E-state index is 11.5. The average Bonchev–Trinajstić information content (AvgIpc) is 2.74. The summed E-state index contributed by atoms with van der Waals surface area (Å²) in [4.78, 5) is 35.7. The molecule has 0 amide bonds. The molecule has 2 heterocycles. The predicted molar refractivity (Wildman–Crippen MR) is 60.8 cm³/mol. The molecule has 2 aromatic heterocycles. The highest BCUT2D eigenvalue weighted by Crippen LogP contribution is 2.11. The molecular weight excluding hydrogens is 240 g/mol. The minimum Gasteiger partial charge on any atom is -0.475 e. The van der Waals surface area contributed by atoms with Crippen molar-refractivity contribution in [1.82, 2.24) is 9.55 Å². The lowest BCUT2D eigenvalue weighted by atomic mass is 10.2. The SMILES string of the molecule is Cc1cn(Cc2ccoc2C(=O)O)c(=O)[nH]c1=O. The molecule has 2 N–H and O–H groups in total. The lowest BCUT2D eigenvalue weighted by molar-refractivity contribution is 0.0660. The average molecular weight is 250 g/mol. The Morgan fingerprint density at radius 2 is 2.22 bits per heavy atom. The summed E-state index contributed by atoms with van der Waals surface area (Å²) in [6.45, 7) is 1.58. The number of aryl methyl sites for hydroxylation is 1. The highest BCUT2D eigenvalue weighted by atomic mass is 16.4. The Hall–Kier alpha value is -2.57. The van der Waals surface area contributed by atoms with E-state index in [0.29, 0.717) is 11.1 Å². The predicted octanol–water partition coefficient (Wildman–Crippen LogP) is 0.185. The van der Waals surface area contributed by atoms with Crippen molar-refractivity contribution >= 4 is 5.97 Å². The molecule has 0 saturated heterocycles. The van der Waals surface area contributed by atoms with Gasteiger partial charge < -0.3 is 9.52 Å². The molecule has 0 aliphatic carbocycles. The second kappa shape index (κ2) is 4.36. The van der Waals surface area contributed by atoms with E-state index in [1.165, 1.54) is 23.1 Å². The zero-order valence-corrected chi connectivity index (χ0v) is 9.47. The number of hydrogen-bond donors (Lipinski definition) is 2. The molecule has 0 radical (unpaired) electrons. The number of nitrogens with one attached hydrogen (secondary N) is 1. The molecule has 0 aliphatic heterocycles. The van der Waals surface area contributed by atoms with Crippen LogP contribution in [0.4, 0.5) is 0 Å². The molecule has 0 fully saturated rings. The van der Waals surface area contributed by atoms with E-state index in [1.54, 1.807) is 6.92 Å². The minimum absolute atomic E-state index is 0.0224. The van der Waals surface area contributed by atoms with Crippen LogP contribution in [-0.4, -0.2) is 20.6 Å². The number of rotatable bonds is 3. The molecule has 0 unspecified atom stereocenters. The number of carboxylic acids is 1. The van der Waals surface area contributed by atoms with E-state index < -0.39 is 17.2 Å². The highest BCUT2D eigenvalue weighted by Gasteiger charge is 2.14. The fourth-order valence-electron chi connectivity index (χ4n) is 1.57. The molecule has 0 aliphatic rings. The maximum Gasteiger partial charge on any atom is 0.372 e. The number of hydrogen-bond acceptors (Lipinski definition) is 4. The van der Waals surface area contributed by atoms with Crippen molar-refractivity contribution in [2.24, 2.45) is 0 Å². The van der Waals surface area contributed by atoms with Crippen LogP contribution in [0.3, 0.4) is 0 Å². The van der Waals surface area contributed by atoms with Gasteiger partial charge in [0.2, 0.25) is 5.76 Å². The van der Waals surface area contributed by atoms with Gasteiger partial charge in [-0.3, -0.25) is 14.3 Å². The fourth-order valence-corrected chi connectivity index (χ4v) is 1.57. The van der Waals surface area contributed by atoms with E-state index in [1.807, 2.05) is 0 Å². The van der Waals surface area contributed by atoms with E-state index in [4.69, 9.17) is 9.52 Å². The standard InChI is InChI=1S/C11H10N2O5/c1-6-4-13(11(17)12-9(6)14)5-7-2-3-18-8(7)10(15)16/h2-4H,5H2,1H3,(H,15,16)(H,12,14,17). The van der Waals surface area contributed by atoms with Crippen LogP contribution in [-0.2, 0) is 6.54 Å². The number of furan rings is 1. The largest absolute Gasteiger partial charge is 0.475 e. The smallest absolute Gasteiger partial charge is 0.372 e. The normalized spacial score (nSPS) is 10.5. The van der Waals surface area contributed by atoms with Crippen LogP contribution in [0, 0.1) is 6.92 Å². The Balaban J connectivity index is 2.43. The highest BCUT2D eigenvalue weighted by molar-refractivity contribution is 5.86.